The first-order valence-corrected chi connectivity index (χ1v) is 5.23. The number of hydrogen-bond acceptors (Lipinski definition) is 4. The maximum atomic E-state index is 11.2. The van der Waals surface area contributed by atoms with E-state index in [1.165, 1.54) is 7.11 Å². The van der Waals surface area contributed by atoms with Gasteiger partial charge in [0.15, 0.2) is 0 Å². The van der Waals surface area contributed by atoms with E-state index in [1.54, 1.807) is 12.1 Å². The molecule has 0 aromatic heterocycles. The van der Waals surface area contributed by atoms with Crippen molar-refractivity contribution in [1.29, 1.82) is 0 Å². The summed E-state index contributed by atoms with van der Waals surface area (Å²) >= 11 is 0. The number of benzene rings is 1. The van der Waals surface area contributed by atoms with E-state index in [0.717, 1.165) is 12.0 Å². The summed E-state index contributed by atoms with van der Waals surface area (Å²) in [7, 11) is 1.35. The molecule has 0 saturated heterocycles. The summed E-state index contributed by atoms with van der Waals surface area (Å²) in [5.74, 6) is -0.351. The van der Waals surface area contributed by atoms with Crippen LogP contribution in [0.25, 0.3) is 0 Å². The Labute approximate surface area is 107 Å². The molecule has 3 N–H and O–H groups in total. The summed E-state index contributed by atoms with van der Waals surface area (Å²) in [4.78, 5) is 11.2. The summed E-state index contributed by atoms with van der Waals surface area (Å²) in [6.07, 6.45) is 1.41. The van der Waals surface area contributed by atoms with Crippen molar-refractivity contribution in [3.8, 4) is 0 Å². The molecule has 0 amide bonds. The van der Waals surface area contributed by atoms with E-state index in [9.17, 15) is 4.79 Å². The number of ether oxygens (including phenoxy) is 1. The predicted octanol–water partition coefficient (Wildman–Crippen LogP) is 1.67. The van der Waals surface area contributed by atoms with Crippen molar-refractivity contribution in [2.75, 3.05) is 13.7 Å². The second-order valence-electron chi connectivity index (χ2n) is 3.59. The smallest absolute Gasteiger partial charge is 0.337 e. The van der Waals surface area contributed by atoms with Gasteiger partial charge in [-0.1, -0.05) is 12.1 Å². The normalized spacial score (nSPS) is 11.5. The molecule has 0 radical (unpaired) electrons. The number of aliphatic hydroxyl groups excluding tert-OH is 1. The molecule has 0 spiro atoms. The van der Waals surface area contributed by atoms with E-state index in [1.807, 2.05) is 12.1 Å². The third-order valence-corrected chi connectivity index (χ3v) is 2.43. The topological polar surface area (TPSA) is 72.5 Å². The molecule has 0 fully saturated rings. The highest BCUT2D eigenvalue weighted by molar-refractivity contribution is 5.89. The molecule has 96 valence electrons. The first-order chi connectivity index (χ1) is 7.69. The van der Waals surface area contributed by atoms with Gasteiger partial charge in [-0.05, 0) is 30.5 Å². The van der Waals surface area contributed by atoms with E-state index in [-0.39, 0.29) is 31.0 Å². The Morgan fingerprint density at radius 1 is 1.41 bits per heavy atom. The summed E-state index contributed by atoms with van der Waals surface area (Å²) in [5, 5.41) is 8.69. The predicted molar refractivity (Wildman–Crippen MR) is 68.3 cm³/mol. The molecule has 0 unspecified atom stereocenters. The lowest BCUT2D eigenvalue weighted by Gasteiger charge is -2.11. The number of aliphatic hydroxyl groups is 1. The quantitative estimate of drug-likeness (QED) is 0.789. The first-order valence-electron chi connectivity index (χ1n) is 5.23. The van der Waals surface area contributed by atoms with Gasteiger partial charge in [0, 0.05) is 12.6 Å². The number of methoxy groups -OCH3 is 1. The van der Waals surface area contributed by atoms with Crippen molar-refractivity contribution >= 4 is 18.4 Å². The van der Waals surface area contributed by atoms with Gasteiger partial charge >= 0.3 is 5.97 Å². The molecule has 0 saturated carbocycles. The zero-order chi connectivity index (χ0) is 12.0. The van der Waals surface area contributed by atoms with Crippen LogP contribution in [0.4, 0.5) is 0 Å². The highest BCUT2D eigenvalue weighted by atomic mass is 35.5. The van der Waals surface area contributed by atoms with Crippen molar-refractivity contribution in [3.05, 3.63) is 35.4 Å². The summed E-state index contributed by atoms with van der Waals surface area (Å²) in [6.45, 7) is 0.147. The monoisotopic (exact) mass is 259 g/mol. The number of carbonyl (C=O) groups is 1. The molecule has 1 aromatic rings. The lowest BCUT2D eigenvalue weighted by molar-refractivity contribution is 0.0600. The van der Waals surface area contributed by atoms with Crippen molar-refractivity contribution in [1.82, 2.24) is 0 Å². The Balaban J connectivity index is 0.00000256. The van der Waals surface area contributed by atoms with Crippen molar-refractivity contribution in [3.63, 3.8) is 0 Å². The van der Waals surface area contributed by atoms with E-state index in [2.05, 4.69) is 4.74 Å². The van der Waals surface area contributed by atoms with Gasteiger partial charge in [-0.15, -0.1) is 12.4 Å². The number of halogens is 1. The maximum Gasteiger partial charge on any atom is 0.337 e. The minimum atomic E-state index is -0.351. The Morgan fingerprint density at radius 2 is 2.00 bits per heavy atom. The Kier molecular flexibility index (Phi) is 7.54. The van der Waals surface area contributed by atoms with E-state index < -0.39 is 0 Å². The third-order valence-electron chi connectivity index (χ3n) is 2.43. The average Bonchev–Trinajstić information content (AvgIpc) is 2.35. The van der Waals surface area contributed by atoms with Gasteiger partial charge in [-0.25, -0.2) is 4.79 Å². The molecular formula is C12H18ClNO3. The molecular weight excluding hydrogens is 242 g/mol. The fourth-order valence-electron chi connectivity index (χ4n) is 1.46. The highest BCUT2D eigenvalue weighted by Crippen LogP contribution is 2.16. The van der Waals surface area contributed by atoms with Crippen LogP contribution in [0.15, 0.2) is 24.3 Å². The average molecular weight is 260 g/mol. The SMILES string of the molecule is COC(=O)c1ccc([C@@H](N)CCCO)cc1.Cl. The molecule has 1 rings (SSSR count). The van der Waals surface area contributed by atoms with Gasteiger partial charge in [-0.3, -0.25) is 0 Å². The van der Waals surface area contributed by atoms with Crippen LogP contribution in [-0.2, 0) is 4.74 Å². The van der Waals surface area contributed by atoms with Gasteiger partial charge in [0.25, 0.3) is 0 Å². The summed E-state index contributed by atoms with van der Waals surface area (Å²) in [6, 6.07) is 6.92. The molecule has 0 heterocycles. The lowest BCUT2D eigenvalue weighted by Crippen LogP contribution is -2.11. The Bertz CT molecular complexity index is 340. The van der Waals surface area contributed by atoms with Crippen LogP contribution < -0.4 is 5.73 Å². The zero-order valence-electron chi connectivity index (χ0n) is 9.76. The number of carbonyl (C=O) groups excluding carboxylic acids is 1. The zero-order valence-corrected chi connectivity index (χ0v) is 10.6. The van der Waals surface area contributed by atoms with Crippen LogP contribution >= 0.6 is 12.4 Å². The van der Waals surface area contributed by atoms with Crippen LogP contribution in [-0.4, -0.2) is 24.8 Å². The van der Waals surface area contributed by atoms with E-state index in [4.69, 9.17) is 10.8 Å². The van der Waals surface area contributed by atoms with Gasteiger partial charge in [0.1, 0.15) is 0 Å². The van der Waals surface area contributed by atoms with Crippen LogP contribution in [0.5, 0.6) is 0 Å². The van der Waals surface area contributed by atoms with Crippen molar-refractivity contribution in [2.24, 2.45) is 5.73 Å². The first kappa shape index (κ1) is 15.9. The maximum absolute atomic E-state index is 11.2. The molecule has 5 heteroatoms. The number of esters is 1. The molecule has 0 aliphatic rings. The second-order valence-corrected chi connectivity index (χ2v) is 3.59. The van der Waals surface area contributed by atoms with Crippen LogP contribution in [0.2, 0.25) is 0 Å². The van der Waals surface area contributed by atoms with Crippen molar-refractivity contribution in [2.45, 2.75) is 18.9 Å². The highest BCUT2D eigenvalue weighted by Gasteiger charge is 2.08. The molecule has 0 aliphatic carbocycles. The molecule has 1 atom stereocenters. The lowest BCUT2D eigenvalue weighted by atomic mass is 10.0. The number of nitrogens with two attached hydrogens (primary N) is 1. The minimum absolute atomic E-state index is 0. The molecule has 17 heavy (non-hydrogen) atoms. The number of hydrogen-bond donors (Lipinski definition) is 2. The van der Waals surface area contributed by atoms with Gasteiger partial charge < -0.3 is 15.6 Å². The largest absolute Gasteiger partial charge is 0.465 e. The Hall–Kier alpha value is -1.10. The van der Waals surface area contributed by atoms with Crippen molar-refractivity contribution < 1.29 is 14.6 Å². The van der Waals surface area contributed by atoms with Gasteiger partial charge in [0.05, 0.1) is 12.7 Å². The van der Waals surface area contributed by atoms with Gasteiger partial charge in [0.2, 0.25) is 0 Å². The van der Waals surface area contributed by atoms with Crippen LogP contribution in [0.3, 0.4) is 0 Å². The fourth-order valence-corrected chi connectivity index (χ4v) is 1.46. The van der Waals surface area contributed by atoms with Gasteiger partial charge in [-0.2, -0.15) is 0 Å². The van der Waals surface area contributed by atoms with Crippen LogP contribution in [0, 0.1) is 0 Å². The summed E-state index contributed by atoms with van der Waals surface area (Å²) in [5.41, 5.74) is 7.39. The van der Waals surface area contributed by atoms with Crippen LogP contribution in [0.1, 0.15) is 34.8 Å². The second kappa shape index (κ2) is 8.06. The Morgan fingerprint density at radius 3 is 2.47 bits per heavy atom. The third kappa shape index (κ3) is 4.73. The standard InChI is InChI=1S/C12H17NO3.ClH/c1-16-12(15)10-6-4-9(5-7-10)11(13)3-2-8-14;/h4-7,11,14H,2-3,8,13H2,1H3;1H/t11-;/m0./s1. The molecule has 0 aliphatic heterocycles. The fraction of sp³-hybridized carbons (Fsp3) is 0.417. The molecule has 1 aromatic carbocycles. The minimum Gasteiger partial charge on any atom is -0.465 e. The number of rotatable bonds is 5. The molecule has 0 bridgehead atoms. The van der Waals surface area contributed by atoms with E-state index >= 15 is 0 Å². The van der Waals surface area contributed by atoms with E-state index in [0.29, 0.717) is 12.0 Å². The molecule has 4 nitrogen and oxygen atoms in total. The summed E-state index contributed by atoms with van der Waals surface area (Å²) < 4.78 is 4.60.